The number of fused-ring (bicyclic) bond motifs is 3. The molecule has 8 nitrogen and oxygen atoms in total. The smallest absolute Gasteiger partial charge is 0.329 e. The fourth-order valence-corrected chi connectivity index (χ4v) is 7.03. The van der Waals surface area contributed by atoms with Gasteiger partial charge in [0.2, 0.25) is 5.79 Å². The van der Waals surface area contributed by atoms with Gasteiger partial charge in [-0.3, -0.25) is 14.4 Å². The Kier molecular flexibility index (Phi) is 11.9. The van der Waals surface area contributed by atoms with Crippen molar-refractivity contribution in [3.63, 3.8) is 0 Å². The van der Waals surface area contributed by atoms with Crippen molar-refractivity contribution in [3.05, 3.63) is 48.0 Å². The van der Waals surface area contributed by atoms with E-state index in [0.29, 0.717) is 38.5 Å². The molecule has 4 rings (SSSR count). The van der Waals surface area contributed by atoms with Crippen LogP contribution in [0, 0.1) is 23.7 Å². The molecule has 1 aromatic carbocycles. The maximum atomic E-state index is 13.8. The highest BCUT2D eigenvalue weighted by Gasteiger charge is 2.54. The van der Waals surface area contributed by atoms with E-state index < -0.39 is 47.4 Å². The lowest BCUT2D eigenvalue weighted by atomic mass is 9.81. The first-order valence-electron chi connectivity index (χ1n) is 16.8. The number of aliphatic hydroxyl groups is 1. The molecule has 242 valence electrons. The predicted octanol–water partition coefficient (Wildman–Crippen LogP) is 5.59. The number of carbonyl (C=O) groups is 4. The second-order valence-electron chi connectivity index (χ2n) is 13.2. The number of esters is 1. The molecular formula is C36H51NO7. The van der Waals surface area contributed by atoms with Gasteiger partial charge in [-0.1, -0.05) is 70.2 Å². The molecule has 3 aliphatic heterocycles. The molecule has 3 aliphatic rings. The fraction of sp³-hybridized carbons (Fsp3) is 0.667. The molecule has 1 aromatic rings. The first-order valence-corrected chi connectivity index (χ1v) is 16.8. The van der Waals surface area contributed by atoms with Crippen LogP contribution in [0.2, 0.25) is 0 Å². The van der Waals surface area contributed by atoms with E-state index in [4.69, 9.17) is 9.47 Å². The van der Waals surface area contributed by atoms with E-state index in [-0.39, 0.29) is 30.3 Å². The third-order valence-electron chi connectivity index (χ3n) is 10.1. The fourth-order valence-electron chi connectivity index (χ4n) is 7.03. The number of ketones is 2. The number of nitrogens with zero attached hydrogens (tertiary/aromatic N) is 1. The van der Waals surface area contributed by atoms with Crippen molar-refractivity contribution in [2.75, 3.05) is 6.54 Å². The van der Waals surface area contributed by atoms with Gasteiger partial charge in [0.05, 0.1) is 6.10 Å². The summed E-state index contributed by atoms with van der Waals surface area (Å²) in [5, 5.41) is 11.6. The second kappa shape index (κ2) is 15.4. The molecule has 44 heavy (non-hydrogen) atoms. The first-order chi connectivity index (χ1) is 21.1. The molecule has 8 heteroatoms. The van der Waals surface area contributed by atoms with Crippen LogP contribution in [0.3, 0.4) is 0 Å². The highest BCUT2D eigenvalue weighted by molar-refractivity contribution is 6.39. The molecule has 3 heterocycles. The predicted molar refractivity (Wildman–Crippen MR) is 167 cm³/mol. The first kappa shape index (κ1) is 34.0. The highest BCUT2D eigenvalue weighted by Crippen LogP contribution is 2.37. The lowest BCUT2D eigenvalue weighted by Crippen LogP contribution is -2.61. The number of piperidine rings is 1. The van der Waals surface area contributed by atoms with Crippen molar-refractivity contribution in [3.8, 4) is 0 Å². The van der Waals surface area contributed by atoms with Crippen LogP contribution in [0.1, 0.15) is 97.5 Å². The van der Waals surface area contributed by atoms with Crippen LogP contribution in [0.4, 0.5) is 0 Å². The van der Waals surface area contributed by atoms with E-state index in [1.807, 2.05) is 31.2 Å². The van der Waals surface area contributed by atoms with Crippen LogP contribution in [-0.2, 0) is 35.1 Å². The lowest BCUT2D eigenvalue weighted by molar-refractivity contribution is -0.268. The van der Waals surface area contributed by atoms with E-state index >= 15 is 0 Å². The van der Waals surface area contributed by atoms with Crippen molar-refractivity contribution >= 4 is 23.4 Å². The van der Waals surface area contributed by atoms with Crippen molar-refractivity contribution in [2.24, 2.45) is 23.7 Å². The van der Waals surface area contributed by atoms with Crippen LogP contribution in [0.25, 0.3) is 0 Å². The number of ether oxygens (including phenoxy) is 2. The molecule has 0 spiro atoms. The van der Waals surface area contributed by atoms with E-state index in [2.05, 4.69) is 25.1 Å². The summed E-state index contributed by atoms with van der Waals surface area (Å²) >= 11 is 0. The maximum absolute atomic E-state index is 13.8. The van der Waals surface area contributed by atoms with Gasteiger partial charge >= 0.3 is 5.97 Å². The molecule has 1 N–H and O–H groups in total. The minimum atomic E-state index is -2.36. The largest absolute Gasteiger partial charge is 0.461 e. The third-order valence-corrected chi connectivity index (χ3v) is 10.1. The molecule has 0 saturated carbocycles. The van der Waals surface area contributed by atoms with Gasteiger partial charge in [0, 0.05) is 24.3 Å². The number of carbonyl (C=O) groups excluding carboxylic acids is 4. The molecule has 1 unspecified atom stereocenters. The number of hydrogen-bond acceptors (Lipinski definition) is 7. The molecule has 2 saturated heterocycles. The molecule has 8 atom stereocenters. The quantitative estimate of drug-likeness (QED) is 0.269. The van der Waals surface area contributed by atoms with E-state index in [1.165, 1.54) is 10.5 Å². The standard InChI is InChI=1S/C36H51NO7/c1-5-28(23-27-16-10-8-11-17-27)31-19-12-7-6-9-15-24(2)32(38)26(4)30-21-20-25(3)36(42,44-30)33(39)34(40)37-22-14-13-18-29(37)35(41)43-31/h6,8-11,16-17,24-26,28-31,42H,5,7,12-15,18-23H2,1-4H3/b9-6+/t24-,25-,26+,28-,29+,30+,31+,36?/m1/s1. The van der Waals surface area contributed by atoms with Crippen LogP contribution in [-0.4, -0.2) is 64.0 Å². The molecular weight excluding hydrogens is 558 g/mol. The minimum absolute atomic E-state index is 0.00935. The summed E-state index contributed by atoms with van der Waals surface area (Å²) in [4.78, 5) is 56.0. The van der Waals surface area contributed by atoms with Gasteiger partial charge in [-0.2, -0.15) is 0 Å². The monoisotopic (exact) mass is 609 g/mol. The van der Waals surface area contributed by atoms with Crippen molar-refractivity contribution in [1.29, 1.82) is 0 Å². The average Bonchev–Trinajstić information content (AvgIpc) is 3.04. The number of allylic oxidation sites excluding steroid dienone is 2. The summed E-state index contributed by atoms with van der Waals surface area (Å²) in [6, 6.07) is 9.25. The summed E-state index contributed by atoms with van der Waals surface area (Å²) in [6.45, 7) is 7.67. The molecule has 0 aliphatic carbocycles. The van der Waals surface area contributed by atoms with Crippen LogP contribution in [0.15, 0.2) is 42.5 Å². The Morgan fingerprint density at radius 2 is 1.70 bits per heavy atom. The summed E-state index contributed by atoms with van der Waals surface area (Å²) in [5.74, 6) is -6.21. The van der Waals surface area contributed by atoms with Gasteiger partial charge in [0.1, 0.15) is 17.9 Å². The Morgan fingerprint density at radius 3 is 2.43 bits per heavy atom. The Balaban J connectivity index is 1.64. The second-order valence-corrected chi connectivity index (χ2v) is 13.2. The van der Waals surface area contributed by atoms with Crippen LogP contribution >= 0.6 is 0 Å². The number of hydrogen-bond donors (Lipinski definition) is 1. The molecule has 1 amide bonds. The molecule has 2 bridgehead atoms. The van der Waals surface area contributed by atoms with E-state index in [1.54, 1.807) is 13.8 Å². The number of cyclic esters (lactones) is 1. The number of Topliss-reactive ketones (excluding diaryl/α,β-unsaturated/α-hetero) is 2. The molecule has 2 fully saturated rings. The number of benzene rings is 1. The van der Waals surface area contributed by atoms with Crippen molar-refractivity contribution in [1.82, 2.24) is 4.90 Å². The van der Waals surface area contributed by atoms with Crippen LogP contribution < -0.4 is 0 Å². The maximum Gasteiger partial charge on any atom is 0.329 e. The van der Waals surface area contributed by atoms with Gasteiger partial charge in [0.25, 0.3) is 11.7 Å². The summed E-state index contributed by atoms with van der Waals surface area (Å²) in [7, 11) is 0. The zero-order valence-corrected chi connectivity index (χ0v) is 26.9. The van der Waals surface area contributed by atoms with Crippen LogP contribution in [0.5, 0.6) is 0 Å². The summed E-state index contributed by atoms with van der Waals surface area (Å²) in [6.07, 6.45) is 10.2. The average molecular weight is 610 g/mol. The Morgan fingerprint density at radius 1 is 0.955 bits per heavy atom. The normalized spacial score (nSPS) is 34.6. The number of rotatable bonds is 4. The van der Waals surface area contributed by atoms with Gasteiger partial charge in [-0.25, -0.2) is 4.79 Å². The van der Waals surface area contributed by atoms with Gasteiger partial charge < -0.3 is 19.5 Å². The highest BCUT2D eigenvalue weighted by atomic mass is 16.6. The van der Waals surface area contributed by atoms with Crippen molar-refractivity contribution < 1.29 is 33.8 Å². The zero-order chi connectivity index (χ0) is 31.9. The van der Waals surface area contributed by atoms with Gasteiger partial charge in [-0.15, -0.1) is 0 Å². The summed E-state index contributed by atoms with van der Waals surface area (Å²) < 4.78 is 12.3. The lowest BCUT2D eigenvalue weighted by Gasteiger charge is -2.43. The zero-order valence-electron chi connectivity index (χ0n) is 26.9. The van der Waals surface area contributed by atoms with E-state index in [0.717, 1.165) is 32.1 Å². The Labute approximate surface area is 262 Å². The van der Waals surface area contributed by atoms with Gasteiger partial charge in [0.15, 0.2) is 0 Å². The SMILES string of the molecule is CC[C@H](Cc1ccccc1)[C@@H]1CCC/C=C/C[C@@H](C)C(=O)[C@@H](C)[C@@H]2CC[C@@H](C)C(O)(O2)C(=O)C(=O)N2CCCC[C@H]2C(=O)O1. The Bertz CT molecular complexity index is 1180. The minimum Gasteiger partial charge on any atom is -0.461 e. The number of amides is 1. The topological polar surface area (TPSA) is 110 Å². The van der Waals surface area contributed by atoms with Gasteiger partial charge in [-0.05, 0) is 82.1 Å². The summed E-state index contributed by atoms with van der Waals surface area (Å²) in [5.41, 5.74) is 1.17. The Hall–Kier alpha value is -2.84. The van der Waals surface area contributed by atoms with Crippen molar-refractivity contribution in [2.45, 2.75) is 122 Å². The molecule has 0 radical (unpaired) electrons. The van der Waals surface area contributed by atoms with E-state index in [9.17, 15) is 24.3 Å². The third kappa shape index (κ3) is 7.86. The molecule has 0 aromatic heterocycles.